The number of rotatable bonds is 7. The smallest absolute Gasteiger partial charge is 0.411 e. The number of carbonyl (C=O) groups is 3. The van der Waals surface area contributed by atoms with Gasteiger partial charge in [-0.3, -0.25) is 9.80 Å². The molecule has 3 rings (SSSR count). The van der Waals surface area contributed by atoms with Gasteiger partial charge in [0.25, 0.3) is 0 Å². The second-order valence-corrected chi connectivity index (χ2v) is 13.8. The molecular formula is C34H55FN2O6. The van der Waals surface area contributed by atoms with E-state index in [2.05, 4.69) is 13.8 Å². The van der Waals surface area contributed by atoms with E-state index in [-0.39, 0.29) is 30.0 Å². The Balaban J connectivity index is 0.000000317. The fourth-order valence-corrected chi connectivity index (χ4v) is 6.01. The highest BCUT2D eigenvalue weighted by atomic mass is 19.1. The van der Waals surface area contributed by atoms with E-state index in [0.717, 1.165) is 64.1 Å². The monoisotopic (exact) mass is 606 g/mol. The topological polar surface area (TPSA) is 96.4 Å². The average molecular weight is 607 g/mol. The second-order valence-electron chi connectivity index (χ2n) is 13.8. The zero-order valence-corrected chi connectivity index (χ0v) is 27.6. The molecule has 1 aromatic rings. The van der Waals surface area contributed by atoms with Crippen molar-refractivity contribution >= 4 is 18.5 Å². The number of aldehydes is 1. The van der Waals surface area contributed by atoms with Gasteiger partial charge in [0.2, 0.25) is 0 Å². The number of likely N-dealkylation sites (tertiary alicyclic amines) is 2. The van der Waals surface area contributed by atoms with Gasteiger partial charge in [-0.2, -0.15) is 0 Å². The van der Waals surface area contributed by atoms with Crippen molar-refractivity contribution in [2.24, 2.45) is 0 Å². The van der Waals surface area contributed by atoms with Crippen molar-refractivity contribution in [3.63, 3.8) is 0 Å². The maximum Gasteiger partial charge on any atom is 0.411 e. The normalized spacial score (nSPS) is 23.5. The van der Waals surface area contributed by atoms with Crippen LogP contribution in [0, 0.1) is 5.82 Å². The van der Waals surface area contributed by atoms with Crippen LogP contribution in [0.2, 0.25) is 0 Å². The number of piperidine rings is 2. The first-order valence-electron chi connectivity index (χ1n) is 16.0. The van der Waals surface area contributed by atoms with Crippen molar-refractivity contribution in [3.8, 4) is 0 Å². The Morgan fingerprint density at radius 3 is 1.91 bits per heavy atom. The molecule has 5 atom stereocenters. The van der Waals surface area contributed by atoms with Crippen LogP contribution in [-0.2, 0) is 14.3 Å². The molecule has 2 heterocycles. The summed E-state index contributed by atoms with van der Waals surface area (Å²) >= 11 is 0. The fraction of sp³-hybridized carbons (Fsp3) is 0.735. The van der Waals surface area contributed by atoms with E-state index in [1.807, 2.05) is 41.5 Å². The summed E-state index contributed by atoms with van der Waals surface area (Å²) in [7, 11) is 0. The highest BCUT2D eigenvalue weighted by molar-refractivity contribution is 5.74. The molecule has 9 heteroatoms. The first-order chi connectivity index (χ1) is 20.1. The Morgan fingerprint density at radius 2 is 1.42 bits per heavy atom. The van der Waals surface area contributed by atoms with Gasteiger partial charge in [-0.25, -0.2) is 14.0 Å². The van der Waals surface area contributed by atoms with Gasteiger partial charge >= 0.3 is 12.2 Å². The fourth-order valence-electron chi connectivity index (χ4n) is 6.01. The predicted octanol–water partition coefficient (Wildman–Crippen LogP) is 7.96. The van der Waals surface area contributed by atoms with Crippen LogP contribution in [0.4, 0.5) is 14.0 Å². The Bertz CT molecular complexity index is 1030. The molecule has 0 radical (unpaired) electrons. The number of aliphatic hydroxyl groups excluding tert-OH is 1. The Kier molecular flexibility index (Phi) is 13.9. The summed E-state index contributed by atoms with van der Waals surface area (Å²) in [6.45, 7) is 15.2. The lowest BCUT2D eigenvalue weighted by molar-refractivity contribution is -0.115. The standard InChI is InChI=1S/C20H30FNO3.C14H25NO3/c1-5-8-16-11-7-12-17(22(16)19(24)25-20(2,3)4)18(23)14-9-6-10-15(21)13-14;1-5-7-11-8-6-9-12(10-16)15(11)13(17)18-14(2,3)4/h6,9-10,13,16-18,23H,5,7-8,11-12H2,1-4H3;10-12H,5-9H2,1-4H3/t16-,17-,18-;11-,12-/m11/s1. The molecule has 2 aliphatic rings. The number of carbonyl (C=O) groups excluding carboxylic acids is 3. The predicted molar refractivity (Wildman–Crippen MR) is 166 cm³/mol. The number of nitrogens with zero attached hydrogens (tertiary/aromatic N) is 2. The van der Waals surface area contributed by atoms with Crippen molar-refractivity contribution in [1.29, 1.82) is 0 Å². The van der Waals surface area contributed by atoms with Crippen LogP contribution in [0.1, 0.15) is 131 Å². The number of benzene rings is 1. The van der Waals surface area contributed by atoms with Crippen molar-refractivity contribution < 1.29 is 33.4 Å². The highest BCUT2D eigenvalue weighted by Gasteiger charge is 2.40. The largest absolute Gasteiger partial charge is 0.444 e. The molecule has 0 unspecified atom stereocenters. The van der Waals surface area contributed by atoms with Crippen LogP contribution in [-0.4, -0.2) is 68.7 Å². The number of aliphatic hydroxyl groups is 1. The summed E-state index contributed by atoms with van der Waals surface area (Å²) in [6.07, 6.45) is 8.21. The molecule has 8 nitrogen and oxygen atoms in total. The number of ether oxygens (including phenoxy) is 2. The molecule has 2 amide bonds. The second kappa shape index (κ2) is 16.4. The Morgan fingerprint density at radius 1 is 0.907 bits per heavy atom. The van der Waals surface area contributed by atoms with Crippen LogP contribution in [0.5, 0.6) is 0 Å². The molecule has 244 valence electrons. The molecule has 0 bridgehead atoms. The lowest BCUT2D eigenvalue weighted by Gasteiger charge is -2.44. The van der Waals surface area contributed by atoms with Gasteiger partial charge in [0.15, 0.2) is 0 Å². The minimum atomic E-state index is -0.928. The zero-order chi connectivity index (χ0) is 32.4. The van der Waals surface area contributed by atoms with Crippen molar-refractivity contribution in [1.82, 2.24) is 9.80 Å². The number of amides is 2. The third kappa shape index (κ3) is 11.4. The molecule has 1 aromatic carbocycles. The number of halogens is 1. The molecular weight excluding hydrogens is 551 g/mol. The zero-order valence-electron chi connectivity index (χ0n) is 27.6. The molecule has 0 spiro atoms. The van der Waals surface area contributed by atoms with E-state index in [1.54, 1.807) is 21.9 Å². The lowest BCUT2D eigenvalue weighted by atomic mass is 9.88. The SMILES string of the molecule is CCC[C@@H]1CCC[C@H](C=O)N1C(=O)OC(C)(C)C.CCC[C@@H]1CCC[C@H]([C@H](O)c2cccc(F)c2)N1C(=O)OC(C)(C)C. The van der Waals surface area contributed by atoms with Crippen molar-refractivity contribution in [2.75, 3.05) is 0 Å². The summed E-state index contributed by atoms with van der Waals surface area (Å²) in [6, 6.07) is 5.44. The van der Waals surface area contributed by atoms with Gasteiger partial charge in [-0.05, 0) is 111 Å². The average Bonchev–Trinajstić information content (AvgIpc) is 2.91. The molecule has 43 heavy (non-hydrogen) atoms. The summed E-state index contributed by atoms with van der Waals surface area (Å²) in [5.74, 6) is -0.388. The van der Waals surface area contributed by atoms with E-state index in [1.165, 1.54) is 12.1 Å². The van der Waals surface area contributed by atoms with Crippen molar-refractivity contribution in [2.45, 2.75) is 161 Å². The number of hydrogen-bond donors (Lipinski definition) is 1. The third-order valence-electron chi connectivity index (χ3n) is 7.74. The van der Waals surface area contributed by atoms with Gasteiger partial charge in [-0.1, -0.05) is 38.8 Å². The van der Waals surface area contributed by atoms with Crippen LogP contribution < -0.4 is 0 Å². The molecule has 2 fully saturated rings. The first kappa shape index (κ1) is 36.5. The molecule has 2 saturated heterocycles. The van der Waals surface area contributed by atoms with Gasteiger partial charge in [0.1, 0.15) is 23.3 Å². The van der Waals surface area contributed by atoms with Gasteiger partial charge in [0, 0.05) is 12.1 Å². The molecule has 0 aliphatic carbocycles. The van der Waals surface area contributed by atoms with Crippen LogP contribution in [0.15, 0.2) is 24.3 Å². The lowest BCUT2D eigenvalue weighted by Crippen LogP contribution is -2.53. The van der Waals surface area contributed by atoms with E-state index < -0.39 is 29.4 Å². The van der Waals surface area contributed by atoms with Crippen LogP contribution in [0.25, 0.3) is 0 Å². The third-order valence-corrected chi connectivity index (χ3v) is 7.74. The van der Waals surface area contributed by atoms with Crippen LogP contribution in [0.3, 0.4) is 0 Å². The Labute approximate surface area is 258 Å². The summed E-state index contributed by atoms with van der Waals surface area (Å²) in [5, 5.41) is 10.9. The maximum absolute atomic E-state index is 13.6. The Hall–Kier alpha value is -2.68. The van der Waals surface area contributed by atoms with E-state index in [4.69, 9.17) is 9.47 Å². The quantitative estimate of drug-likeness (QED) is 0.316. The molecule has 0 aromatic heterocycles. The minimum absolute atomic E-state index is 0.0433. The molecule has 0 saturated carbocycles. The highest BCUT2D eigenvalue weighted by Crippen LogP contribution is 2.35. The van der Waals surface area contributed by atoms with E-state index in [9.17, 15) is 23.9 Å². The summed E-state index contributed by atoms with van der Waals surface area (Å²) < 4.78 is 24.6. The molecule has 2 aliphatic heterocycles. The van der Waals surface area contributed by atoms with Gasteiger partial charge < -0.3 is 19.4 Å². The molecule has 1 N–H and O–H groups in total. The maximum atomic E-state index is 13.6. The summed E-state index contributed by atoms with van der Waals surface area (Å²) in [5.41, 5.74) is -0.617. The van der Waals surface area contributed by atoms with E-state index in [0.29, 0.717) is 12.0 Å². The van der Waals surface area contributed by atoms with Crippen LogP contribution >= 0.6 is 0 Å². The van der Waals surface area contributed by atoms with Crippen molar-refractivity contribution in [3.05, 3.63) is 35.6 Å². The number of hydrogen-bond acceptors (Lipinski definition) is 6. The first-order valence-corrected chi connectivity index (χ1v) is 16.0. The van der Waals surface area contributed by atoms with Gasteiger partial charge in [-0.15, -0.1) is 0 Å². The summed E-state index contributed by atoms with van der Waals surface area (Å²) in [4.78, 5) is 39.5. The minimum Gasteiger partial charge on any atom is -0.444 e. The van der Waals surface area contributed by atoms with E-state index >= 15 is 0 Å². The van der Waals surface area contributed by atoms with Gasteiger partial charge in [0.05, 0.1) is 18.2 Å².